The highest BCUT2D eigenvalue weighted by Crippen LogP contribution is 2.36. The number of thiophene rings is 1. The van der Waals surface area contributed by atoms with Gasteiger partial charge < -0.3 is 10.2 Å². The first-order chi connectivity index (χ1) is 7.74. The molecular formula is C11H13N3OS. The average Bonchev–Trinajstić information content (AvgIpc) is 2.91. The van der Waals surface area contributed by atoms with Crippen molar-refractivity contribution in [1.29, 1.82) is 0 Å². The average molecular weight is 235 g/mol. The Hall–Kier alpha value is -1.20. The summed E-state index contributed by atoms with van der Waals surface area (Å²) in [5.74, 6) is 1.11. The summed E-state index contributed by atoms with van der Waals surface area (Å²) in [5, 5.41) is 7.97. The minimum Gasteiger partial charge on any atom is -0.418 e. The van der Waals surface area contributed by atoms with E-state index in [1.807, 2.05) is 6.92 Å². The van der Waals surface area contributed by atoms with Crippen LogP contribution in [-0.2, 0) is 12.8 Å². The van der Waals surface area contributed by atoms with Crippen LogP contribution < -0.4 is 5.73 Å². The first kappa shape index (κ1) is 9.99. The molecule has 1 aliphatic rings. The molecule has 1 atom stereocenters. The first-order valence-corrected chi connectivity index (χ1v) is 6.26. The van der Waals surface area contributed by atoms with Gasteiger partial charge in [-0.15, -0.1) is 21.5 Å². The van der Waals surface area contributed by atoms with E-state index < -0.39 is 0 Å². The molecule has 4 nitrogen and oxygen atoms in total. The van der Waals surface area contributed by atoms with Gasteiger partial charge in [0.2, 0.25) is 5.89 Å². The normalized spacial score (nSPS) is 16.4. The van der Waals surface area contributed by atoms with Crippen LogP contribution in [0.4, 0.5) is 0 Å². The van der Waals surface area contributed by atoms with E-state index in [1.165, 1.54) is 29.7 Å². The summed E-state index contributed by atoms with van der Waals surface area (Å²) in [6.45, 7) is 1.84. The summed E-state index contributed by atoms with van der Waals surface area (Å²) in [7, 11) is 0. The van der Waals surface area contributed by atoms with Crippen molar-refractivity contribution in [3.8, 4) is 10.8 Å². The fourth-order valence-corrected chi connectivity index (χ4v) is 3.13. The maximum atomic E-state index is 5.68. The minimum atomic E-state index is -0.201. The van der Waals surface area contributed by atoms with Gasteiger partial charge in [-0.3, -0.25) is 0 Å². The Labute approximate surface area is 97.5 Å². The van der Waals surface area contributed by atoms with E-state index in [9.17, 15) is 0 Å². The third-order valence-corrected chi connectivity index (χ3v) is 4.01. The zero-order valence-electron chi connectivity index (χ0n) is 9.06. The maximum absolute atomic E-state index is 5.68. The van der Waals surface area contributed by atoms with Crippen molar-refractivity contribution in [2.45, 2.75) is 32.2 Å². The Morgan fingerprint density at radius 3 is 3.00 bits per heavy atom. The van der Waals surface area contributed by atoms with Crippen LogP contribution in [0.25, 0.3) is 10.8 Å². The highest BCUT2D eigenvalue weighted by Gasteiger charge is 2.19. The Kier molecular flexibility index (Phi) is 2.29. The van der Waals surface area contributed by atoms with E-state index in [-0.39, 0.29) is 6.04 Å². The summed E-state index contributed by atoms with van der Waals surface area (Å²) in [4.78, 5) is 2.54. The lowest BCUT2D eigenvalue weighted by Crippen LogP contribution is -2.04. The van der Waals surface area contributed by atoms with Gasteiger partial charge in [-0.05, 0) is 37.8 Å². The zero-order chi connectivity index (χ0) is 11.1. The number of rotatable bonds is 2. The highest BCUT2D eigenvalue weighted by molar-refractivity contribution is 7.15. The third-order valence-electron chi connectivity index (χ3n) is 2.79. The molecule has 0 aromatic carbocycles. The third kappa shape index (κ3) is 1.56. The van der Waals surface area contributed by atoms with Crippen LogP contribution in [0.1, 0.15) is 35.7 Å². The van der Waals surface area contributed by atoms with Crippen molar-refractivity contribution in [1.82, 2.24) is 10.2 Å². The molecule has 0 amide bonds. The summed E-state index contributed by atoms with van der Waals surface area (Å²) in [5.41, 5.74) is 7.13. The predicted molar refractivity (Wildman–Crippen MR) is 62.2 cm³/mol. The standard InChI is InChI=1S/C11H13N3OS/c1-6(12)10-13-14-11(15-10)9-5-7-3-2-4-8(7)16-9/h5-6H,2-4,12H2,1H3. The van der Waals surface area contributed by atoms with Crippen molar-refractivity contribution < 1.29 is 4.42 Å². The highest BCUT2D eigenvalue weighted by atomic mass is 32.1. The van der Waals surface area contributed by atoms with Crippen molar-refractivity contribution in [3.63, 3.8) is 0 Å². The van der Waals surface area contributed by atoms with E-state index in [0.29, 0.717) is 11.8 Å². The SMILES string of the molecule is CC(N)c1nnc(-c2cc3c(s2)CCC3)o1. The summed E-state index contributed by atoms with van der Waals surface area (Å²) in [6, 6.07) is 1.97. The molecule has 2 N–H and O–H groups in total. The minimum absolute atomic E-state index is 0.201. The molecule has 5 heteroatoms. The van der Waals surface area contributed by atoms with Gasteiger partial charge >= 0.3 is 0 Å². The first-order valence-electron chi connectivity index (χ1n) is 5.45. The second kappa shape index (κ2) is 3.68. The van der Waals surface area contributed by atoms with Crippen LogP contribution in [-0.4, -0.2) is 10.2 Å². The van der Waals surface area contributed by atoms with Crippen LogP contribution in [0.3, 0.4) is 0 Å². The van der Waals surface area contributed by atoms with Crippen LogP contribution in [0.15, 0.2) is 10.5 Å². The van der Waals surface area contributed by atoms with Crippen LogP contribution >= 0.6 is 11.3 Å². The Morgan fingerprint density at radius 2 is 2.31 bits per heavy atom. The molecule has 2 aromatic heterocycles. The quantitative estimate of drug-likeness (QED) is 0.867. The van der Waals surface area contributed by atoms with Gasteiger partial charge in [-0.1, -0.05) is 0 Å². The fourth-order valence-electron chi connectivity index (χ4n) is 1.95. The van der Waals surface area contributed by atoms with Gasteiger partial charge in [0.15, 0.2) is 0 Å². The van der Waals surface area contributed by atoms with E-state index >= 15 is 0 Å². The van der Waals surface area contributed by atoms with E-state index in [4.69, 9.17) is 10.2 Å². The number of nitrogens with two attached hydrogens (primary N) is 1. The van der Waals surface area contributed by atoms with E-state index in [1.54, 1.807) is 11.3 Å². The summed E-state index contributed by atoms with van der Waals surface area (Å²) < 4.78 is 5.53. The van der Waals surface area contributed by atoms with Gasteiger partial charge in [0, 0.05) is 4.88 Å². The second-order valence-electron chi connectivity index (χ2n) is 4.15. The number of nitrogens with zero attached hydrogens (tertiary/aromatic N) is 2. The van der Waals surface area contributed by atoms with Crippen molar-refractivity contribution in [2.75, 3.05) is 0 Å². The number of hydrogen-bond donors (Lipinski definition) is 1. The topological polar surface area (TPSA) is 64.9 Å². The molecule has 0 radical (unpaired) electrons. The van der Waals surface area contributed by atoms with Crippen molar-refractivity contribution in [2.24, 2.45) is 5.73 Å². The number of fused-ring (bicyclic) bond motifs is 1. The van der Waals surface area contributed by atoms with Crippen LogP contribution in [0.5, 0.6) is 0 Å². The second-order valence-corrected chi connectivity index (χ2v) is 5.28. The molecule has 16 heavy (non-hydrogen) atoms. The molecular weight excluding hydrogens is 222 g/mol. The van der Waals surface area contributed by atoms with Crippen molar-refractivity contribution >= 4 is 11.3 Å². The van der Waals surface area contributed by atoms with Crippen LogP contribution in [0, 0.1) is 0 Å². The zero-order valence-corrected chi connectivity index (χ0v) is 9.88. The monoisotopic (exact) mass is 235 g/mol. The largest absolute Gasteiger partial charge is 0.418 e. The lowest BCUT2D eigenvalue weighted by molar-refractivity contribution is 0.474. The molecule has 2 aromatic rings. The maximum Gasteiger partial charge on any atom is 0.257 e. The lowest BCUT2D eigenvalue weighted by atomic mass is 10.2. The molecule has 2 heterocycles. The molecule has 0 aliphatic heterocycles. The lowest BCUT2D eigenvalue weighted by Gasteiger charge is -1.94. The van der Waals surface area contributed by atoms with Gasteiger partial charge in [0.25, 0.3) is 5.89 Å². The van der Waals surface area contributed by atoms with Crippen LogP contribution in [0.2, 0.25) is 0 Å². The van der Waals surface area contributed by atoms with E-state index in [2.05, 4.69) is 16.3 Å². The molecule has 3 rings (SSSR count). The van der Waals surface area contributed by atoms with Gasteiger partial charge in [0.1, 0.15) is 0 Å². The molecule has 84 valence electrons. The van der Waals surface area contributed by atoms with Gasteiger partial charge in [0.05, 0.1) is 10.9 Å². The predicted octanol–water partition coefficient (Wildman–Crippen LogP) is 2.31. The van der Waals surface area contributed by atoms with Crippen molar-refractivity contribution in [3.05, 3.63) is 22.4 Å². The van der Waals surface area contributed by atoms with Gasteiger partial charge in [-0.25, -0.2) is 0 Å². The summed E-state index contributed by atoms with van der Waals surface area (Å²) >= 11 is 1.76. The Morgan fingerprint density at radius 1 is 1.44 bits per heavy atom. The molecule has 1 aliphatic carbocycles. The molecule has 0 saturated heterocycles. The molecule has 0 bridgehead atoms. The van der Waals surface area contributed by atoms with Gasteiger partial charge in [-0.2, -0.15) is 0 Å². The Balaban J connectivity index is 1.95. The Bertz CT molecular complexity index is 494. The summed E-state index contributed by atoms with van der Waals surface area (Å²) in [6.07, 6.45) is 3.64. The molecule has 0 saturated carbocycles. The number of aromatic nitrogens is 2. The van der Waals surface area contributed by atoms with E-state index in [0.717, 1.165) is 4.88 Å². The molecule has 1 unspecified atom stereocenters. The fraction of sp³-hybridized carbons (Fsp3) is 0.455. The molecule has 0 fully saturated rings. The number of hydrogen-bond acceptors (Lipinski definition) is 5. The number of aryl methyl sites for hydroxylation is 2. The smallest absolute Gasteiger partial charge is 0.257 e. The molecule has 0 spiro atoms.